The van der Waals surface area contributed by atoms with Crippen LogP contribution in [-0.4, -0.2) is 32.3 Å². The maximum atomic E-state index is 13.5. The Labute approximate surface area is 154 Å². The molecule has 0 aliphatic carbocycles. The molecule has 26 heavy (non-hydrogen) atoms. The predicted octanol–water partition coefficient (Wildman–Crippen LogP) is 3.22. The third-order valence-electron chi connectivity index (χ3n) is 4.75. The molecule has 1 aliphatic rings. The summed E-state index contributed by atoms with van der Waals surface area (Å²) in [4.78, 5) is 0. The van der Waals surface area contributed by atoms with E-state index in [9.17, 15) is 4.39 Å². The minimum Gasteiger partial charge on any atom is -0.494 e. The molecule has 1 saturated heterocycles. The van der Waals surface area contributed by atoms with Gasteiger partial charge in [0.05, 0.1) is 19.8 Å². The van der Waals surface area contributed by atoms with E-state index in [1.54, 1.807) is 12.1 Å². The lowest BCUT2D eigenvalue weighted by molar-refractivity contribution is 0.105. The lowest BCUT2D eigenvalue weighted by Crippen LogP contribution is -2.44. The largest absolute Gasteiger partial charge is 0.494 e. The van der Waals surface area contributed by atoms with E-state index < -0.39 is 0 Å². The highest BCUT2D eigenvalue weighted by Gasteiger charge is 2.22. The third kappa shape index (κ3) is 5.27. The fourth-order valence-electron chi connectivity index (χ4n) is 3.26. The monoisotopic (exact) mass is 358 g/mol. The van der Waals surface area contributed by atoms with Crippen LogP contribution in [0.1, 0.15) is 29.9 Å². The maximum absolute atomic E-state index is 13.5. The molecular weight excluding hydrogens is 331 g/mol. The number of ether oxygens (including phenoxy) is 2. The minimum atomic E-state index is -0.225. The van der Waals surface area contributed by atoms with Gasteiger partial charge in [-0.25, -0.2) is 4.39 Å². The SMILES string of the molecule is NC1CNCCC1c1ccc(OCCCOCc2ccccc2F)cc1. The number of piperidine rings is 1. The van der Waals surface area contributed by atoms with Crippen LogP contribution in [0.5, 0.6) is 5.75 Å². The number of nitrogens with two attached hydrogens (primary N) is 1. The smallest absolute Gasteiger partial charge is 0.128 e. The summed E-state index contributed by atoms with van der Waals surface area (Å²) in [7, 11) is 0. The van der Waals surface area contributed by atoms with Gasteiger partial charge in [-0.2, -0.15) is 0 Å². The standard InChI is InChI=1S/C21H27FN2O2/c22-20-5-2-1-4-17(20)15-25-12-3-13-26-18-8-6-16(7-9-18)19-10-11-24-14-21(19)23/h1-2,4-9,19,21,24H,3,10-15,23H2. The zero-order valence-corrected chi connectivity index (χ0v) is 15.0. The van der Waals surface area contributed by atoms with E-state index in [-0.39, 0.29) is 18.5 Å². The molecule has 2 atom stereocenters. The Morgan fingerprint density at radius 2 is 1.88 bits per heavy atom. The van der Waals surface area contributed by atoms with E-state index in [2.05, 4.69) is 17.4 Å². The van der Waals surface area contributed by atoms with Gasteiger partial charge in [0.1, 0.15) is 11.6 Å². The summed E-state index contributed by atoms with van der Waals surface area (Å²) in [6, 6.07) is 15.1. The summed E-state index contributed by atoms with van der Waals surface area (Å²) >= 11 is 0. The molecule has 0 saturated carbocycles. The summed E-state index contributed by atoms with van der Waals surface area (Å²) in [6.07, 6.45) is 1.83. The van der Waals surface area contributed by atoms with Crippen LogP contribution in [-0.2, 0) is 11.3 Å². The van der Waals surface area contributed by atoms with Gasteiger partial charge in [0.15, 0.2) is 0 Å². The molecule has 0 bridgehead atoms. The zero-order chi connectivity index (χ0) is 18.2. The molecule has 140 valence electrons. The first-order valence-electron chi connectivity index (χ1n) is 9.24. The Hall–Kier alpha value is -1.95. The summed E-state index contributed by atoms with van der Waals surface area (Å²) in [6.45, 7) is 3.29. The number of halogens is 1. The Morgan fingerprint density at radius 3 is 2.65 bits per heavy atom. The average Bonchev–Trinajstić information content (AvgIpc) is 2.67. The average molecular weight is 358 g/mol. The van der Waals surface area contributed by atoms with Crippen molar-refractivity contribution in [2.75, 3.05) is 26.3 Å². The highest BCUT2D eigenvalue weighted by Crippen LogP contribution is 2.26. The molecule has 5 heteroatoms. The topological polar surface area (TPSA) is 56.5 Å². The van der Waals surface area contributed by atoms with Crippen LogP contribution >= 0.6 is 0 Å². The maximum Gasteiger partial charge on any atom is 0.128 e. The quantitative estimate of drug-likeness (QED) is 0.712. The van der Waals surface area contributed by atoms with Crippen molar-refractivity contribution >= 4 is 0 Å². The molecule has 3 N–H and O–H groups in total. The van der Waals surface area contributed by atoms with Crippen LogP contribution in [0.2, 0.25) is 0 Å². The van der Waals surface area contributed by atoms with Crippen LogP contribution in [0.4, 0.5) is 4.39 Å². The molecular formula is C21H27FN2O2. The number of benzene rings is 2. The lowest BCUT2D eigenvalue weighted by atomic mass is 9.87. The van der Waals surface area contributed by atoms with Gasteiger partial charge < -0.3 is 20.5 Å². The Balaban J connectivity index is 1.35. The summed E-state index contributed by atoms with van der Waals surface area (Å²) < 4.78 is 24.7. The molecule has 1 fully saturated rings. The van der Waals surface area contributed by atoms with Crippen molar-refractivity contribution in [3.05, 3.63) is 65.5 Å². The summed E-state index contributed by atoms with van der Waals surface area (Å²) in [5, 5.41) is 3.32. The molecule has 0 amide bonds. The number of rotatable bonds is 8. The molecule has 0 aromatic heterocycles. The Morgan fingerprint density at radius 1 is 1.08 bits per heavy atom. The second-order valence-electron chi connectivity index (χ2n) is 6.68. The molecule has 2 aromatic rings. The fourth-order valence-corrected chi connectivity index (χ4v) is 3.26. The lowest BCUT2D eigenvalue weighted by Gasteiger charge is -2.29. The van der Waals surface area contributed by atoms with Gasteiger partial charge in [-0.3, -0.25) is 0 Å². The van der Waals surface area contributed by atoms with E-state index in [4.69, 9.17) is 15.2 Å². The van der Waals surface area contributed by atoms with E-state index in [1.807, 2.05) is 18.2 Å². The molecule has 0 radical (unpaired) electrons. The van der Waals surface area contributed by atoms with Gasteiger partial charge >= 0.3 is 0 Å². The van der Waals surface area contributed by atoms with Crippen molar-refractivity contribution in [1.29, 1.82) is 0 Å². The zero-order valence-electron chi connectivity index (χ0n) is 15.0. The molecule has 3 rings (SSSR count). The first kappa shape index (κ1) is 18.8. The van der Waals surface area contributed by atoms with E-state index in [0.717, 1.165) is 31.7 Å². The highest BCUT2D eigenvalue weighted by atomic mass is 19.1. The molecule has 2 aromatic carbocycles. The van der Waals surface area contributed by atoms with Gasteiger partial charge in [-0.15, -0.1) is 0 Å². The normalized spacial score (nSPS) is 20.1. The van der Waals surface area contributed by atoms with Crippen LogP contribution < -0.4 is 15.8 Å². The van der Waals surface area contributed by atoms with E-state index in [0.29, 0.717) is 24.7 Å². The number of hydrogen-bond donors (Lipinski definition) is 2. The van der Waals surface area contributed by atoms with Gasteiger partial charge in [-0.05, 0) is 36.7 Å². The highest BCUT2D eigenvalue weighted by molar-refractivity contribution is 5.30. The number of nitrogens with one attached hydrogen (secondary N) is 1. The predicted molar refractivity (Wildman–Crippen MR) is 101 cm³/mol. The first-order chi connectivity index (χ1) is 12.7. The second-order valence-corrected chi connectivity index (χ2v) is 6.68. The molecule has 2 unspecified atom stereocenters. The fraction of sp³-hybridized carbons (Fsp3) is 0.429. The minimum absolute atomic E-state index is 0.169. The van der Waals surface area contributed by atoms with Gasteiger partial charge in [0.25, 0.3) is 0 Å². The molecule has 4 nitrogen and oxygen atoms in total. The van der Waals surface area contributed by atoms with Gasteiger partial charge in [0, 0.05) is 30.5 Å². The summed E-state index contributed by atoms with van der Waals surface area (Å²) in [5.41, 5.74) is 8.06. The van der Waals surface area contributed by atoms with Crippen LogP contribution in [0.15, 0.2) is 48.5 Å². The van der Waals surface area contributed by atoms with Crippen LogP contribution in [0, 0.1) is 5.82 Å². The van der Waals surface area contributed by atoms with Crippen molar-refractivity contribution < 1.29 is 13.9 Å². The Bertz CT molecular complexity index is 678. The van der Waals surface area contributed by atoms with E-state index in [1.165, 1.54) is 11.6 Å². The number of hydrogen-bond acceptors (Lipinski definition) is 4. The van der Waals surface area contributed by atoms with Crippen LogP contribution in [0.3, 0.4) is 0 Å². The van der Waals surface area contributed by atoms with Gasteiger partial charge in [0.2, 0.25) is 0 Å². The molecule has 1 aliphatic heterocycles. The third-order valence-corrected chi connectivity index (χ3v) is 4.75. The summed E-state index contributed by atoms with van der Waals surface area (Å²) in [5.74, 6) is 1.04. The van der Waals surface area contributed by atoms with E-state index >= 15 is 0 Å². The van der Waals surface area contributed by atoms with Crippen molar-refractivity contribution in [1.82, 2.24) is 5.32 Å². The van der Waals surface area contributed by atoms with Crippen molar-refractivity contribution in [3.63, 3.8) is 0 Å². The Kier molecular flexibility index (Phi) is 7.00. The van der Waals surface area contributed by atoms with Crippen molar-refractivity contribution in [2.45, 2.75) is 31.4 Å². The van der Waals surface area contributed by atoms with Gasteiger partial charge in [-0.1, -0.05) is 30.3 Å². The first-order valence-corrected chi connectivity index (χ1v) is 9.24. The van der Waals surface area contributed by atoms with Crippen molar-refractivity contribution in [2.24, 2.45) is 5.73 Å². The molecule has 1 heterocycles. The second kappa shape index (κ2) is 9.67. The van der Waals surface area contributed by atoms with Crippen molar-refractivity contribution in [3.8, 4) is 5.75 Å². The molecule has 0 spiro atoms. The van der Waals surface area contributed by atoms with Crippen LogP contribution in [0.25, 0.3) is 0 Å².